The van der Waals surface area contributed by atoms with Crippen molar-refractivity contribution < 1.29 is 13.6 Å². The molecule has 0 unspecified atom stereocenters. The lowest BCUT2D eigenvalue weighted by molar-refractivity contribution is 0.102. The van der Waals surface area contributed by atoms with Gasteiger partial charge in [-0.25, -0.2) is 8.78 Å². The van der Waals surface area contributed by atoms with Gasteiger partial charge in [-0.2, -0.15) is 0 Å². The Morgan fingerprint density at radius 1 is 0.724 bits per heavy atom. The summed E-state index contributed by atoms with van der Waals surface area (Å²) in [5, 5.41) is 2.73. The molecule has 1 amide bonds. The summed E-state index contributed by atoms with van der Waals surface area (Å²) < 4.78 is 26.8. The first-order valence-corrected chi connectivity index (χ1v) is 9.51. The fourth-order valence-corrected chi connectivity index (χ4v) is 3.47. The molecule has 4 nitrogen and oxygen atoms in total. The first kappa shape index (κ1) is 18.9. The van der Waals surface area contributed by atoms with E-state index < -0.39 is 11.7 Å². The molecule has 0 atom stereocenters. The van der Waals surface area contributed by atoms with Gasteiger partial charge in [-0.15, -0.1) is 0 Å². The third-order valence-electron chi connectivity index (χ3n) is 5.08. The second-order valence-corrected chi connectivity index (χ2v) is 6.93. The van der Waals surface area contributed by atoms with Gasteiger partial charge in [-0.05, 0) is 60.7 Å². The Kier molecular flexibility index (Phi) is 5.42. The van der Waals surface area contributed by atoms with E-state index in [4.69, 9.17) is 0 Å². The van der Waals surface area contributed by atoms with Gasteiger partial charge in [0.05, 0.1) is 5.56 Å². The van der Waals surface area contributed by atoms with E-state index in [1.807, 2.05) is 24.3 Å². The zero-order valence-corrected chi connectivity index (χ0v) is 15.8. The highest BCUT2D eigenvalue weighted by Crippen LogP contribution is 2.23. The smallest absolute Gasteiger partial charge is 0.258 e. The number of benzene rings is 3. The van der Waals surface area contributed by atoms with Crippen molar-refractivity contribution in [3.05, 3.63) is 90.0 Å². The van der Waals surface area contributed by atoms with Crippen LogP contribution in [0, 0.1) is 11.6 Å². The Morgan fingerprint density at radius 3 is 1.79 bits per heavy atom. The fraction of sp³-hybridized carbons (Fsp3) is 0.174. The number of nitrogens with zero attached hydrogens (tertiary/aromatic N) is 2. The van der Waals surface area contributed by atoms with Crippen molar-refractivity contribution in [1.82, 2.24) is 0 Å². The molecule has 6 heteroatoms. The van der Waals surface area contributed by atoms with Gasteiger partial charge in [0.25, 0.3) is 5.91 Å². The molecule has 0 aliphatic carbocycles. The number of hydrogen-bond acceptors (Lipinski definition) is 3. The van der Waals surface area contributed by atoms with Crippen LogP contribution in [-0.4, -0.2) is 32.1 Å². The predicted molar refractivity (Wildman–Crippen MR) is 112 cm³/mol. The largest absolute Gasteiger partial charge is 0.368 e. The molecular weight excluding hydrogens is 372 g/mol. The maximum Gasteiger partial charge on any atom is 0.258 e. The van der Waals surface area contributed by atoms with E-state index >= 15 is 0 Å². The summed E-state index contributed by atoms with van der Waals surface area (Å²) in [5.74, 6) is -1.24. The monoisotopic (exact) mass is 393 g/mol. The molecule has 0 spiro atoms. The van der Waals surface area contributed by atoms with E-state index in [9.17, 15) is 13.6 Å². The Hall–Kier alpha value is -3.41. The second kappa shape index (κ2) is 8.31. The van der Waals surface area contributed by atoms with Gasteiger partial charge in [0.1, 0.15) is 11.6 Å². The van der Waals surface area contributed by atoms with Crippen LogP contribution in [0.1, 0.15) is 10.4 Å². The summed E-state index contributed by atoms with van der Waals surface area (Å²) in [6.45, 7) is 3.38. The first-order valence-electron chi connectivity index (χ1n) is 9.51. The molecule has 0 bridgehead atoms. The number of rotatable bonds is 4. The number of piperazine rings is 1. The zero-order chi connectivity index (χ0) is 20.2. The van der Waals surface area contributed by atoms with Crippen molar-refractivity contribution in [2.24, 2.45) is 0 Å². The van der Waals surface area contributed by atoms with Crippen LogP contribution in [0.5, 0.6) is 0 Å². The maximum atomic E-state index is 13.7. The number of anilines is 3. The van der Waals surface area contributed by atoms with Gasteiger partial charge in [0, 0.05) is 43.2 Å². The van der Waals surface area contributed by atoms with E-state index in [0.29, 0.717) is 5.69 Å². The summed E-state index contributed by atoms with van der Waals surface area (Å²) >= 11 is 0. The van der Waals surface area contributed by atoms with Crippen LogP contribution in [0.25, 0.3) is 0 Å². The van der Waals surface area contributed by atoms with E-state index in [-0.39, 0.29) is 11.4 Å². The summed E-state index contributed by atoms with van der Waals surface area (Å²) in [6.07, 6.45) is 0. The topological polar surface area (TPSA) is 35.6 Å². The molecule has 0 aromatic heterocycles. The maximum absolute atomic E-state index is 13.7. The van der Waals surface area contributed by atoms with Crippen LogP contribution >= 0.6 is 0 Å². The highest BCUT2D eigenvalue weighted by molar-refractivity contribution is 6.04. The third kappa shape index (κ3) is 4.37. The van der Waals surface area contributed by atoms with Crippen LogP contribution in [0.4, 0.5) is 25.8 Å². The lowest BCUT2D eigenvalue weighted by atomic mass is 10.2. The molecule has 1 aliphatic rings. The normalized spacial score (nSPS) is 14.0. The lowest BCUT2D eigenvalue weighted by Crippen LogP contribution is -2.46. The van der Waals surface area contributed by atoms with Crippen molar-refractivity contribution in [3.63, 3.8) is 0 Å². The summed E-state index contributed by atoms with van der Waals surface area (Å²) in [6, 6.07) is 20.0. The van der Waals surface area contributed by atoms with Crippen LogP contribution in [0.15, 0.2) is 72.8 Å². The second-order valence-electron chi connectivity index (χ2n) is 6.93. The minimum Gasteiger partial charge on any atom is -0.368 e. The van der Waals surface area contributed by atoms with Crippen molar-refractivity contribution in [2.45, 2.75) is 0 Å². The van der Waals surface area contributed by atoms with Crippen molar-refractivity contribution in [3.8, 4) is 0 Å². The first-order chi connectivity index (χ1) is 14.1. The lowest BCUT2D eigenvalue weighted by Gasteiger charge is -2.37. The number of halogens is 2. The Bertz CT molecular complexity index is 982. The van der Waals surface area contributed by atoms with Crippen LogP contribution in [0.2, 0.25) is 0 Å². The summed E-state index contributed by atoms with van der Waals surface area (Å²) in [7, 11) is 0. The van der Waals surface area contributed by atoms with Gasteiger partial charge in [0.2, 0.25) is 0 Å². The Balaban J connectivity index is 1.36. The van der Waals surface area contributed by atoms with E-state index in [1.165, 1.54) is 24.3 Å². The predicted octanol–water partition coefficient (Wildman–Crippen LogP) is 4.54. The number of carbonyl (C=O) groups excluding carboxylic acids is 1. The molecule has 3 aromatic carbocycles. The number of carbonyl (C=O) groups is 1. The molecule has 1 heterocycles. The molecule has 0 radical (unpaired) electrons. The van der Waals surface area contributed by atoms with Gasteiger partial charge < -0.3 is 15.1 Å². The minimum absolute atomic E-state index is 0.0218. The molecule has 148 valence electrons. The molecule has 4 rings (SSSR count). The van der Waals surface area contributed by atoms with Crippen LogP contribution in [-0.2, 0) is 0 Å². The van der Waals surface area contributed by atoms with Gasteiger partial charge >= 0.3 is 0 Å². The van der Waals surface area contributed by atoms with E-state index in [0.717, 1.165) is 37.6 Å². The van der Waals surface area contributed by atoms with Crippen molar-refractivity contribution in [2.75, 3.05) is 41.3 Å². The van der Waals surface area contributed by atoms with E-state index in [2.05, 4.69) is 15.1 Å². The average molecular weight is 393 g/mol. The SMILES string of the molecule is O=C(Nc1ccc(N2CCN(c3ccc(F)cc3)CC2)cc1)c1ccccc1F. The van der Waals surface area contributed by atoms with Gasteiger partial charge in [-0.3, -0.25) is 4.79 Å². The number of amides is 1. The third-order valence-corrected chi connectivity index (χ3v) is 5.08. The molecular formula is C23H21F2N3O. The molecule has 3 aromatic rings. The Labute approximate surface area is 168 Å². The van der Waals surface area contributed by atoms with Crippen molar-refractivity contribution in [1.29, 1.82) is 0 Å². The average Bonchev–Trinajstić information content (AvgIpc) is 2.75. The molecule has 1 aliphatic heterocycles. The molecule has 29 heavy (non-hydrogen) atoms. The number of nitrogens with one attached hydrogen (secondary N) is 1. The summed E-state index contributed by atoms with van der Waals surface area (Å²) in [4.78, 5) is 16.7. The molecule has 0 saturated carbocycles. The van der Waals surface area contributed by atoms with Gasteiger partial charge in [0.15, 0.2) is 0 Å². The van der Waals surface area contributed by atoms with E-state index in [1.54, 1.807) is 24.3 Å². The quantitative estimate of drug-likeness (QED) is 0.707. The molecule has 1 fully saturated rings. The van der Waals surface area contributed by atoms with Crippen LogP contribution in [0.3, 0.4) is 0 Å². The molecule has 1 saturated heterocycles. The van der Waals surface area contributed by atoms with Crippen LogP contribution < -0.4 is 15.1 Å². The standard InChI is InChI=1S/C23H21F2N3O/c24-17-5-9-19(10-6-17)27-13-15-28(16-14-27)20-11-7-18(8-12-20)26-23(29)21-3-1-2-4-22(21)25/h1-12H,13-16H2,(H,26,29). The van der Waals surface area contributed by atoms with Crippen molar-refractivity contribution >= 4 is 23.0 Å². The number of hydrogen-bond donors (Lipinski definition) is 1. The molecule has 1 N–H and O–H groups in total. The highest BCUT2D eigenvalue weighted by Gasteiger charge is 2.18. The summed E-state index contributed by atoms with van der Waals surface area (Å²) in [5.41, 5.74) is 2.73. The Morgan fingerprint density at radius 2 is 1.24 bits per heavy atom. The highest BCUT2D eigenvalue weighted by atomic mass is 19.1. The fourth-order valence-electron chi connectivity index (χ4n) is 3.47. The zero-order valence-electron chi connectivity index (χ0n) is 15.8. The van der Waals surface area contributed by atoms with Gasteiger partial charge in [-0.1, -0.05) is 12.1 Å². The minimum atomic E-state index is -0.541.